The van der Waals surface area contributed by atoms with Crippen molar-refractivity contribution in [2.45, 2.75) is 12.8 Å². The molecule has 1 amide bonds. The van der Waals surface area contributed by atoms with Crippen LogP contribution in [0.2, 0.25) is 0 Å². The number of carbonyl (C=O) groups is 1. The van der Waals surface area contributed by atoms with Crippen LogP contribution < -0.4 is 9.47 Å². The Morgan fingerprint density at radius 2 is 2.04 bits per heavy atom. The monoisotopic (exact) mass is 387 g/mol. The molecule has 0 radical (unpaired) electrons. The molecule has 0 bridgehead atoms. The average molecular weight is 387 g/mol. The average Bonchev–Trinajstić information content (AvgIpc) is 3.38. The maximum Gasteiger partial charge on any atom is 0.248 e. The van der Waals surface area contributed by atoms with E-state index in [9.17, 15) is 4.79 Å². The van der Waals surface area contributed by atoms with Gasteiger partial charge in [-0.2, -0.15) is 11.3 Å². The van der Waals surface area contributed by atoms with Gasteiger partial charge in [0.1, 0.15) is 6.61 Å². The highest BCUT2D eigenvalue weighted by molar-refractivity contribution is 7.08. The molecular weight excluding hydrogens is 366 g/mol. The first-order valence-electron chi connectivity index (χ1n) is 8.52. The van der Waals surface area contributed by atoms with Gasteiger partial charge in [-0.15, -0.1) is 10.2 Å². The molecular formula is C19H21N3O4S. The summed E-state index contributed by atoms with van der Waals surface area (Å²) in [7, 11) is 3.34. The number of carbonyl (C=O) groups excluding carboxylic acids is 1. The van der Waals surface area contributed by atoms with E-state index in [2.05, 4.69) is 10.2 Å². The number of para-hydroxylation sites is 2. The smallest absolute Gasteiger partial charge is 0.248 e. The molecule has 0 saturated heterocycles. The third-order valence-electron chi connectivity index (χ3n) is 3.97. The van der Waals surface area contributed by atoms with Crippen molar-refractivity contribution >= 4 is 17.2 Å². The van der Waals surface area contributed by atoms with Crippen molar-refractivity contribution in [1.82, 2.24) is 15.1 Å². The molecule has 142 valence electrons. The Labute approximate surface area is 161 Å². The van der Waals surface area contributed by atoms with Crippen LogP contribution in [0.3, 0.4) is 0 Å². The van der Waals surface area contributed by atoms with E-state index in [1.807, 2.05) is 41.1 Å². The summed E-state index contributed by atoms with van der Waals surface area (Å²) in [4.78, 5) is 13.9. The predicted octanol–water partition coefficient (Wildman–Crippen LogP) is 3.28. The highest BCUT2D eigenvalue weighted by Crippen LogP contribution is 2.25. The molecule has 7 nitrogen and oxygen atoms in total. The van der Waals surface area contributed by atoms with E-state index in [0.29, 0.717) is 49.3 Å². The fourth-order valence-corrected chi connectivity index (χ4v) is 3.05. The van der Waals surface area contributed by atoms with E-state index in [0.717, 1.165) is 5.56 Å². The zero-order chi connectivity index (χ0) is 19.1. The summed E-state index contributed by atoms with van der Waals surface area (Å²) in [5.41, 5.74) is 0.899. The number of hydrogen-bond acceptors (Lipinski definition) is 7. The quantitative estimate of drug-likeness (QED) is 0.561. The van der Waals surface area contributed by atoms with Crippen molar-refractivity contribution in [2.24, 2.45) is 0 Å². The van der Waals surface area contributed by atoms with Crippen molar-refractivity contribution < 1.29 is 18.7 Å². The second-order valence-electron chi connectivity index (χ2n) is 5.83. The fourth-order valence-electron chi connectivity index (χ4n) is 2.42. The van der Waals surface area contributed by atoms with Crippen LogP contribution in [0.1, 0.15) is 12.3 Å². The summed E-state index contributed by atoms with van der Waals surface area (Å²) >= 11 is 1.57. The van der Waals surface area contributed by atoms with Gasteiger partial charge in [0.05, 0.1) is 13.7 Å². The number of amides is 1. The minimum Gasteiger partial charge on any atom is -0.493 e. The van der Waals surface area contributed by atoms with Gasteiger partial charge in [-0.1, -0.05) is 12.1 Å². The number of ether oxygens (including phenoxy) is 2. The van der Waals surface area contributed by atoms with Crippen LogP contribution >= 0.6 is 11.3 Å². The van der Waals surface area contributed by atoms with Gasteiger partial charge in [0.25, 0.3) is 0 Å². The first-order valence-corrected chi connectivity index (χ1v) is 9.46. The van der Waals surface area contributed by atoms with Gasteiger partial charge in [-0.25, -0.2) is 0 Å². The zero-order valence-electron chi connectivity index (χ0n) is 15.3. The Kier molecular flexibility index (Phi) is 6.43. The maximum absolute atomic E-state index is 12.3. The van der Waals surface area contributed by atoms with E-state index in [1.165, 1.54) is 0 Å². The van der Waals surface area contributed by atoms with Crippen LogP contribution in [0.4, 0.5) is 0 Å². The van der Waals surface area contributed by atoms with Crippen molar-refractivity contribution in [3.8, 4) is 23.0 Å². The molecule has 0 N–H and O–H groups in total. The Morgan fingerprint density at radius 1 is 1.22 bits per heavy atom. The SMILES string of the molecule is COc1ccccc1OCCN(C)C(=O)CCc1nnc(-c2ccsc2)o1. The Morgan fingerprint density at radius 3 is 2.78 bits per heavy atom. The highest BCUT2D eigenvalue weighted by Gasteiger charge is 2.13. The summed E-state index contributed by atoms with van der Waals surface area (Å²) in [6, 6.07) is 9.34. The van der Waals surface area contributed by atoms with Gasteiger partial charge in [-0.05, 0) is 23.6 Å². The third kappa shape index (κ3) is 5.07. The van der Waals surface area contributed by atoms with Crippen molar-refractivity contribution in [3.05, 3.63) is 47.0 Å². The van der Waals surface area contributed by atoms with Crippen LogP contribution in [-0.2, 0) is 11.2 Å². The van der Waals surface area contributed by atoms with Crippen molar-refractivity contribution in [3.63, 3.8) is 0 Å². The van der Waals surface area contributed by atoms with E-state index in [-0.39, 0.29) is 5.91 Å². The lowest BCUT2D eigenvalue weighted by atomic mass is 10.3. The van der Waals surface area contributed by atoms with Gasteiger partial charge in [0.2, 0.25) is 17.7 Å². The molecule has 2 heterocycles. The normalized spacial score (nSPS) is 10.6. The number of hydrogen-bond donors (Lipinski definition) is 0. The molecule has 0 aliphatic rings. The van der Waals surface area contributed by atoms with Gasteiger partial charge in [0, 0.05) is 30.8 Å². The fraction of sp³-hybridized carbons (Fsp3) is 0.316. The molecule has 0 aliphatic carbocycles. The Hall–Kier alpha value is -2.87. The molecule has 0 unspecified atom stereocenters. The summed E-state index contributed by atoms with van der Waals surface area (Å²) in [5, 5.41) is 11.9. The number of nitrogens with zero attached hydrogens (tertiary/aromatic N) is 3. The standard InChI is InChI=1S/C19H21N3O4S/c1-22(10-11-25-16-6-4-3-5-15(16)24-2)18(23)8-7-17-20-21-19(26-17)14-9-12-27-13-14/h3-6,9,12-13H,7-8,10-11H2,1-2H3. The summed E-state index contributed by atoms with van der Waals surface area (Å²) in [5.74, 6) is 2.27. The van der Waals surface area contributed by atoms with Crippen LogP contribution in [0.5, 0.6) is 11.5 Å². The third-order valence-corrected chi connectivity index (χ3v) is 4.65. The second kappa shape index (κ2) is 9.18. The molecule has 0 spiro atoms. The van der Waals surface area contributed by atoms with Crippen LogP contribution in [0, 0.1) is 0 Å². The summed E-state index contributed by atoms with van der Waals surface area (Å²) in [6.07, 6.45) is 0.712. The lowest BCUT2D eigenvalue weighted by molar-refractivity contribution is -0.130. The first-order chi connectivity index (χ1) is 13.2. The Balaban J connectivity index is 1.43. The van der Waals surface area contributed by atoms with E-state index < -0.39 is 0 Å². The molecule has 1 aromatic carbocycles. The predicted molar refractivity (Wildman–Crippen MR) is 102 cm³/mol. The van der Waals surface area contributed by atoms with Crippen LogP contribution in [0.15, 0.2) is 45.5 Å². The van der Waals surface area contributed by atoms with Gasteiger partial charge in [0.15, 0.2) is 11.5 Å². The zero-order valence-corrected chi connectivity index (χ0v) is 16.1. The highest BCUT2D eigenvalue weighted by atomic mass is 32.1. The molecule has 0 fully saturated rings. The van der Waals surface area contributed by atoms with E-state index in [1.54, 1.807) is 30.4 Å². The van der Waals surface area contributed by atoms with Crippen molar-refractivity contribution in [1.29, 1.82) is 0 Å². The lowest BCUT2D eigenvalue weighted by Gasteiger charge is -2.17. The molecule has 2 aromatic heterocycles. The van der Waals surface area contributed by atoms with E-state index in [4.69, 9.17) is 13.9 Å². The number of likely N-dealkylation sites (N-methyl/N-ethyl adjacent to an activating group) is 1. The Bertz CT molecular complexity index is 863. The number of benzene rings is 1. The molecule has 3 rings (SSSR count). The summed E-state index contributed by atoms with van der Waals surface area (Å²) in [6.45, 7) is 0.854. The summed E-state index contributed by atoms with van der Waals surface area (Å²) < 4.78 is 16.5. The number of aromatic nitrogens is 2. The molecule has 8 heteroatoms. The van der Waals surface area contributed by atoms with Gasteiger partial charge in [-0.3, -0.25) is 4.79 Å². The van der Waals surface area contributed by atoms with E-state index >= 15 is 0 Å². The maximum atomic E-state index is 12.3. The molecule has 27 heavy (non-hydrogen) atoms. The van der Waals surface area contributed by atoms with Crippen molar-refractivity contribution in [2.75, 3.05) is 27.3 Å². The number of aryl methyl sites for hydroxylation is 1. The second-order valence-corrected chi connectivity index (χ2v) is 6.61. The molecule has 0 aliphatic heterocycles. The first kappa shape index (κ1) is 18.9. The van der Waals surface area contributed by atoms with Gasteiger partial charge < -0.3 is 18.8 Å². The molecule has 0 atom stereocenters. The minimum absolute atomic E-state index is 0.00564. The van der Waals surface area contributed by atoms with Gasteiger partial charge >= 0.3 is 0 Å². The number of rotatable bonds is 9. The largest absolute Gasteiger partial charge is 0.493 e. The van der Waals surface area contributed by atoms with Crippen LogP contribution in [-0.4, -0.2) is 48.3 Å². The minimum atomic E-state index is -0.00564. The lowest BCUT2D eigenvalue weighted by Crippen LogP contribution is -2.31. The van der Waals surface area contributed by atoms with Crippen LogP contribution in [0.25, 0.3) is 11.5 Å². The molecule has 0 saturated carbocycles. The number of thiophene rings is 1. The molecule has 3 aromatic rings. The number of methoxy groups -OCH3 is 1. The topological polar surface area (TPSA) is 77.7 Å².